The minimum absolute atomic E-state index is 0.438. The number of halogens is 2. The van der Waals surface area contributed by atoms with E-state index in [0.29, 0.717) is 17.4 Å². The highest BCUT2D eigenvalue weighted by molar-refractivity contribution is 9.10. The quantitative estimate of drug-likeness (QED) is 0.848. The van der Waals surface area contributed by atoms with Gasteiger partial charge in [-0.2, -0.15) is 5.10 Å². The van der Waals surface area contributed by atoms with E-state index in [1.165, 1.54) is 0 Å². The van der Waals surface area contributed by atoms with E-state index in [2.05, 4.69) is 28.0 Å². The van der Waals surface area contributed by atoms with Gasteiger partial charge in [0.05, 0.1) is 20.9 Å². The van der Waals surface area contributed by atoms with Gasteiger partial charge in [-0.25, -0.2) is 0 Å². The second-order valence-corrected chi connectivity index (χ2v) is 5.10. The third-order valence-electron chi connectivity index (χ3n) is 2.70. The summed E-state index contributed by atoms with van der Waals surface area (Å²) in [5.41, 5.74) is 2.04. The first-order valence-electron chi connectivity index (χ1n) is 5.71. The molecule has 18 heavy (non-hydrogen) atoms. The highest BCUT2D eigenvalue weighted by Crippen LogP contribution is 2.26. The Morgan fingerprint density at radius 2 is 2.11 bits per heavy atom. The van der Waals surface area contributed by atoms with Crippen molar-refractivity contribution in [3.8, 4) is 5.75 Å². The number of hydrogen-bond donors (Lipinski definition) is 0. The average molecular weight is 330 g/mol. The second kappa shape index (κ2) is 5.76. The monoisotopic (exact) mass is 328 g/mol. The van der Waals surface area contributed by atoms with Gasteiger partial charge in [-0.3, -0.25) is 4.68 Å². The second-order valence-electron chi connectivity index (χ2n) is 3.90. The highest BCUT2D eigenvalue weighted by atomic mass is 79.9. The van der Waals surface area contributed by atoms with E-state index in [4.69, 9.17) is 16.3 Å². The predicted molar refractivity (Wildman–Crippen MR) is 76.1 cm³/mol. The molecule has 96 valence electrons. The SMILES string of the molecule is CCc1nn(C)c(COc2ccccc2Cl)c1Br. The summed E-state index contributed by atoms with van der Waals surface area (Å²) in [4.78, 5) is 0. The van der Waals surface area contributed by atoms with Crippen molar-refractivity contribution in [3.05, 3.63) is 45.1 Å². The first-order valence-corrected chi connectivity index (χ1v) is 6.88. The number of rotatable bonds is 4. The first kappa shape index (κ1) is 13.4. The number of aromatic nitrogens is 2. The third-order valence-corrected chi connectivity index (χ3v) is 3.93. The molecule has 3 nitrogen and oxygen atoms in total. The van der Waals surface area contributed by atoms with Crippen molar-refractivity contribution >= 4 is 27.5 Å². The molecule has 0 aliphatic heterocycles. The smallest absolute Gasteiger partial charge is 0.138 e. The van der Waals surface area contributed by atoms with E-state index in [1.807, 2.05) is 36.0 Å². The van der Waals surface area contributed by atoms with Crippen LogP contribution in [0.1, 0.15) is 18.3 Å². The van der Waals surface area contributed by atoms with Gasteiger partial charge in [0.2, 0.25) is 0 Å². The van der Waals surface area contributed by atoms with Crippen LogP contribution in [0.4, 0.5) is 0 Å². The Hall–Kier alpha value is -1.000. The summed E-state index contributed by atoms with van der Waals surface area (Å²) < 4.78 is 8.57. The van der Waals surface area contributed by atoms with Gasteiger partial charge in [-0.1, -0.05) is 30.7 Å². The fourth-order valence-electron chi connectivity index (χ4n) is 1.68. The van der Waals surface area contributed by atoms with Crippen LogP contribution in [0, 0.1) is 0 Å². The van der Waals surface area contributed by atoms with Gasteiger partial charge in [0, 0.05) is 7.05 Å². The molecule has 0 aliphatic carbocycles. The van der Waals surface area contributed by atoms with Crippen LogP contribution in [0.15, 0.2) is 28.7 Å². The van der Waals surface area contributed by atoms with Crippen LogP contribution in [0.3, 0.4) is 0 Å². The zero-order valence-corrected chi connectivity index (χ0v) is 12.6. The fraction of sp³-hybridized carbons (Fsp3) is 0.308. The fourth-order valence-corrected chi connectivity index (χ4v) is 2.61. The van der Waals surface area contributed by atoms with Gasteiger partial charge in [0.15, 0.2) is 0 Å². The molecular formula is C13H14BrClN2O. The Kier molecular flexibility index (Phi) is 4.30. The molecule has 0 amide bonds. The molecule has 0 radical (unpaired) electrons. The maximum Gasteiger partial charge on any atom is 0.138 e. The van der Waals surface area contributed by atoms with E-state index in [1.54, 1.807) is 0 Å². The lowest BCUT2D eigenvalue weighted by atomic mass is 10.3. The minimum Gasteiger partial charge on any atom is -0.486 e. The standard InChI is InChI=1S/C13H14BrClN2O/c1-3-10-13(14)11(17(2)16-10)8-18-12-7-5-4-6-9(12)15/h4-7H,3,8H2,1-2H3. The Bertz CT molecular complexity index is 554. The lowest BCUT2D eigenvalue weighted by Crippen LogP contribution is -2.03. The maximum atomic E-state index is 6.04. The van der Waals surface area contributed by atoms with Crippen LogP contribution in [0.5, 0.6) is 5.75 Å². The molecule has 2 aromatic rings. The van der Waals surface area contributed by atoms with E-state index in [9.17, 15) is 0 Å². The van der Waals surface area contributed by atoms with Crippen molar-refractivity contribution < 1.29 is 4.74 Å². The molecule has 0 N–H and O–H groups in total. The van der Waals surface area contributed by atoms with Crippen LogP contribution in [0.2, 0.25) is 5.02 Å². The van der Waals surface area contributed by atoms with Crippen LogP contribution in [-0.4, -0.2) is 9.78 Å². The van der Waals surface area contributed by atoms with Crippen molar-refractivity contribution in [2.24, 2.45) is 7.05 Å². The summed E-state index contributed by atoms with van der Waals surface area (Å²) in [6.07, 6.45) is 0.889. The van der Waals surface area contributed by atoms with E-state index in [0.717, 1.165) is 22.3 Å². The van der Waals surface area contributed by atoms with Crippen molar-refractivity contribution in [1.29, 1.82) is 0 Å². The molecule has 0 aliphatic rings. The number of para-hydroxylation sites is 1. The van der Waals surface area contributed by atoms with Crippen LogP contribution in [-0.2, 0) is 20.1 Å². The number of aryl methyl sites for hydroxylation is 2. The van der Waals surface area contributed by atoms with Crippen molar-refractivity contribution in [3.63, 3.8) is 0 Å². The Balaban J connectivity index is 2.16. The molecule has 1 heterocycles. The van der Waals surface area contributed by atoms with E-state index < -0.39 is 0 Å². The maximum absolute atomic E-state index is 6.04. The average Bonchev–Trinajstić information content (AvgIpc) is 2.64. The van der Waals surface area contributed by atoms with Gasteiger partial charge in [-0.05, 0) is 34.5 Å². The van der Waals surface area contributed by atoms with Gasteiger partial charge < -0.3 is 4.74 Å². The van der Waals surface area contributed by atoms with Crippen molar-refractivity contribution in [2.75, 3.05) is 0 Å². The zero-order chi connectivity index (χ0) is 13.1. The zero-order valence-electron chi connectivity index (χ0n) is 10.3. The molecule has 0 atom stereocenters. The minimum atomic E-state index is 0.438. The Morgan fingerprint density at radius 1 is 1.39 bits per heavy atom. The Morgan fingerprint density at radius 3 is 2.72 bits per heavy atom. The number of ether oxygens (including phenoxy) is 1. The molecule has 5 heteroatoms. The predicted octanol–water partition coefficient (Wildman–Crippen LogP) is 3.98. The third kappa shape index (κ3) is 2.70. The normalized spacial score (nSPS) is 10.7. The molecule has 0 fully saturated rings. The summed E-state index contributed by atoms with van der Waals surface area (Å²) in [6.45, 7) is 2.51. The van der Waals surface area contributed by atoms with E-state index >= 15 is 0 Å². The Labute approximate surface area is 120 Å². The summed E-state index contributed by atoms with van der Waals surface area (Å²) in [5, 5.41) is 5.04. The topological polar surface area (TPSA) is 27.1 Å². The molecule has 0 spiro atoms. The lowest BCUT2D eigenvalue weighted by molar-refractivity contribution is 0.294. The van der Waals surface area contributed by atoms with Crippen LogP contribution < -0.4 is 4.74 Å². The van der Waals surface area contributed by atoms with Gasteiger partial charge in [0.25, 0.3) is 0 Å². The van der Waals surface area contributed by atoms with Gasteiger partial charge in [-0.15, -0.1) is 0 Å². The molecule has 1 aromatic heterocycles. The molecule has 0 unspecified atom stereocenters. The summed E-state index contributed by atoms with van der Waals surface area (Å²) in [6, 6.07) is 7.45. The largest absolute Gasteiger partial charge is 0.486 e. The van der Waals surface area contributed by atoms with Gasteiger partial charge in [0.1, 0.15) is 12.4 Å². The summed E-state index contributed by atoms with van der Waals surface area (Å²) in [7, 11) is 1.91. The lowest BCUT2D eigenvalue weighted by Gasteiger charge is -2.08. The molecule has 0 bridgehead atoms. The highest BCUT2D eigenvalue weighted by Gasteiger charge is 2.13. The summed E-state index contributed by atoms with van der Waals surface area (Å²) >= 11 is 9.60. The number of nitrogens with zero attached hydrogens (tertiary/aromatic N) is 2. The molecule has 1 aromatic carbocycles. The van der Waals surface area contributed by atoms with Crippen molar-refractivity contribution in [2.45, 2.75) is 20.0 Å². The molecule has 0 saturated carbocycles. The molecular weight excluding hydrogens is 316 g/mol. The number of hydrogen-bond acceptors (Lipinski definition) is 2. The first-order chi connectivity index (χ1) is 8.63. The van der Waals surface area contributed by atoms with E-state index in [-0.39, 0.29) is 0 Å². The van der Waals surface area contributed by atoms with Crippen LogP contribution in [0.25, 0.3) is 0 Å². The molecule has 0 saturated heterocycles. The van der Waals surface area contributed by atoms with Gasteiger partial charge >= 0.3 is 0 Å². The van der Waals surface area contributed by atoms with Crippen LogP contribution >= 0.6 is 27.5 Å². The number of benzene rings is 1. The molecule has 2 rings (SSSR count). The summed E-state index contributed by atoms with van der Waals surface area (Å²) in [5.74, 6) is 0.685. The van der Waals surface area contributed by atoms with Crippen molar-refractivity contribution in [1.82, 2.24) is 9.78 Å².